The van der Waals surface area contributed by atoms with Crippen LogP contribution in [0.1, 0.15) is 5.56 Å². The Bertz CT molecular complexity index is 1310. The number of benzene rings is 2. The second kappa shape index (κ2) is 9.80. The van der Waals surface area contributed by atoms with Crippen molar-refractivity contribution < 1.29 is 26.0 Å². The molecule has 35 heavy (non-hydrogen) atoms. The van der Waals surface area contributed by atoms with E-state index in [0.29, 0.717) is 26.2 Å². The highest BCUT2D eigenvalue weighted by Gasteiger charge is 2.32. The van der Waals surface area contributed by atoms with Crippen LogP contribution in [0, 0.1) is 5.82 Å². The van der Waals surface area contributed by atoms with Gasteiger partial charge in [-0.3, -0.25) is 4.72 Å². The maximum absolute atomic E-state index is 14.9. The van der Waals surface area contributed by atoms with E-state index in [1.165, 1.54) is 17.0 Å². The first-order chi connectivity index (χ1) is 16.4. The van der Waals surface area contributed by atoms with E-state index in [1.807, 2.05) is 7.05 Å². The first-order valence-corrected chi connectivity index (χ1v) is 13.1. The van der Waals surface area contributed by atoms with Crippen molar-refractivity contribution in [3.63, 3.8) is 0 Å². The molecule has 2 aromatic carbocycles. The summed E-state index contributed by atoms with van der Waals surface area (Å²) in [7, 11) is -2.39. The van der Waals surface area contributed by atoms with E-state index in [9.17, 15) is 26.0 Å². The van der Waals surface area contributed by atoms with Crippen LogP contribution in [-0.2, 0) is 16.2 Å². The van der Waals surface area contributed by atoms with Gasteiger partial charge in [0.25, 0.3) is 10.0 Å². The van der Waals surface area contributed by atoms with Gasteiger partial charge in [-0.2, -0.15) is 13.2 Å². The number of alkyl halides is 3. The topological polar surface area (TPSA) is 77.6 Å². The average molecular weight is 550 g/mol. The molecule has 7 nitrogen and oxygen atoms in total. The monoisotopic (exact) mass is 549 g/mol. The molecular formula is C21H20ClF4N5O2S2. The lowest BCUT2D eigenvalue weighted by atomic mass is 10.1. The van der Waals surface area contributed by atoms with Crippen molar-refractivity contribution in [3.8, 4) is 0 Å². The molecule has 1 saturated heterocycles. The summed E-state index contributed by atoms with van der Waals surface area (Å²) >= 11 is 7.42. The summed E-state index contributed by atoms with van der Waals surface area (Å²) in [5.41, 5.74) is 1.16. The smallest absolute Gasteiger partial charge is 0.367 e. The zero-order valence-electron chi connectivity index (χ0n) is 18.2. The van der Waals surface area contributed by atoms with Crippen LogP contribution in [0.15, 0.2) is 46.1 Å². The Kier molecular flexibility index (Phi) is 7.13. The number of rotatable bonds is 6. The number of aromatic nitrogens is 1. The summed E-state index contributed by atoms with van der Waals surface area (Å²) in [6, 6.07) is 5.04. The third kappa shape index (κ3) is 5.80. The van der Waals surface area contributed by atoms with Crippen LogP contribution in [0.4, 0.5) is 40.4 Å². The van der Waals surface area contributed by atoms with Crippen molar-refractivity contribution in [2.45, 2.75) is 11.1 Å². The number of sulfonamides is 1. The third-order valence-electron chi connectivity index (χ3n) is 5.42. The maximum Gasteiger partial charge on any atom is 0.416 e. The summed E-state index contributed by atoms with van der Waals surface area (Å²) < 4.78 is 82.3. The minimum Gasteiger partial charge on any atom is -0.367 e. The van der Waals surface area contributed by atoms with Crippen LogP contribution in [-0.4, -0.2) is 51.5 Å². The Morgan fingerprint density at radius 2 is 1.80 bits per heavy atom. The van der Waals surface area contributed by atoms with Gasteiger partial charge in [-0.05, 0) is 31.3 Å². The Labute approximate surface area is 208 Å². The fraction of sp³-hybridized carbons (Fsp3) is 0.286. The molecule has 2 heterocycles. The van der Waals surface area contributed by atoms with Crippen molar-refractivity contribution in [2.75, 3.05) is 48.2 Å². The number of likely N-dealkylation sites (N-methyl/N-ethyl adjacent to an activating group) is 1. The molecule has 0 saturated carbocycles. The summed E-state index contributed by atoms with van der Waals surface area (Å²) in [4.78, 5) is 6.98. The first kappa shape index (κ1) is 25.5. The zero-order valence-corrected chi connectivity index (χ0v) is 20.6. The van der Waals surface area contributed by atoms with E-state index in [-0.39, 0.29) is 27.9 Å². The van der Waals surface area contributed by atoms with Gasteiger partial charge < -0.3 is 15.1 Å². The first-order valence-electron chi connectivity index (χ1n) is 10.3. The second-order valence-corrected chi connectivity index (χ2v) is 10.7. The maximum atomic E-state index is 14.9. The van der Waals surface area contributed by atoms with Gasteiger partial charge in [-0.15, -0.1) is 11.3 Å². The van der Waals surface area contributed by atoms with Crippen molar-refractivity contribution in [3.05, 3.63) is 57.6 Å². The van der Waals surface area contributed by atoms with Gasteiger partial charge in [-0.1, -0.05) is 11.6 Å². The fourth-order valence-corrected chi connectivity index (χ4v) is 5.47. The van der Waals surface area contributed by atoms with Gasteiger partial charge >= 0.3 is 6.18 Å². The minimum atomic E-state index is -4.54. The third-order valence-corrected chi connectivity index (χ3v) is 7.69. The lowest BCUT2D eigenvalue weighted by molar-refractivity contribution is -0.137. The molecule has 2 N–H and O–H groups in total. The highest BCUT2D eigenvalue weighted by molar-refractivity contribution is 7.92. The lowest BCUT2D eigenvalue weighted by Gasteiger charge is -2.35. The molecule has 0 aliphatic carbocycles. The molecular weight excluding hydrogens is 530 g/mol. The molecule has 1 aromatic heterocycles. The summed E-state index contributed by atoms with van der Waals surface area (Å²) in [6.45, 7) is 2.30. The van der Waals surface area contributed by atoms with Crippen molar-refractivity contribution in [2.24, 2.45) is 0 Å². The van der Waals surface area contributed by atoms with E-state index >= 15 is 0 Å². The van der Waals surface area contributed by atoms with E-state index in [2.05, 4.69) is 19.9 Å². The number of nitrogens with zero attached hydrogens (tertiary/aromatic N) is 3. The molecule has 1 aliphatic heterocycles. The van der Waals surface area contributed by atoms with Gasteiger partial charge in [0.2, 0.25) is 0 Å². The summed E-state index contributed by atoms with van der Waals surface area (Å²) in [5.74, 6) is -1.05. The van der Waals surface area contributed by atoms with Gasteiger partial charge in [0.05, 0.1) is 33.2 Å². The number of thiazole rings is 1. The Balaban J connectivity index is 1.67. The van der Waals surface area contributed by atoms with Crippen LogP contribution in [0.3, 0.4) is 0 Å². The average Bonchev–Trinajstić information content (AvgIpc) is 3.28. The van der Waals surface area contributed by atoms with Crippen LogP contribution >= 0.6 is 22.9 Å². The predicted octanol–water partition coefficient (Wildman–Crippen LogP) is 5.25. The Hall–Kier alpha value is -2.61. The molecule has 0 atom stereocenters. The Morgan fingerprint density at radius 3 is 2.43 bits per heavy atom. The minimum absolute atomic E-state index is 0.00640. The van der Waals surface area contributed by atoms with Crippen molar-refractivity contribution >= 4 is 55.8 Å². The van der Waals surface area contributed by atoms with E-state index in [1.54, 1.807) is 4.90 Å². The zero-order chi connectivity index (χ0) is 25.4. The van der Waals surface area contributed by atoms with Crippen molar-refractivity contribution in [1.29, 1.82) is 0 Å². The molecule has 3 aromatic rings. The molecule has 0 spiro atoms. The molecule has 14 heteroatoms. The molecule has 4 rings (SSSR count). The highest BCUT2D eigenvalue weighted by atomic mass is 35.5. The normalized spacial score (nSPS) is 15.3. The molecule has 188 valence electrons. The van der Waals surface area contributed by atoms with E-state index in [4.69, 9.17) is 11.6 Å². The van der Waals surface area contributed by atoms with Crippen LogP contribution in [0.2, 0.25) is 5.02 Å². The van der Waals surface area contributed by atoms with Gasteiger partial charge in [0.15, 0.2) is 5.82 Å². The van der Waals surface area contributed by atoms with E-state index < -0.39 is 32.5 Å². The van der Waals surface area contributed by atoms with Crippen LogP contribution in [0.25, 0.3) is 0 Å². The number of halogens is 5. The number of hydrogen-bond donors (Lipinski definition) is 2. The highest BCUT2D eigenvalue weighted by Crippen LogP contribution is 2.39. The molecule has 0 radical (unpaired) electrons. The number of nitrogens with one attached hydrogen (secondary N) is 2. The van der Waals surface area contributed by atoms with Gasteiger partial charge in [0, 0.05) is 37.6 Å². The molecule has 0 bridgehead atoms. The number of piperazine rings is 1. The fourth-order valence-electron chi connectivity index (χ4n) is 3.55. The molecule has 1 aliphatic rings. The standard InChI is InChI=1S/C21H20ClF4N5O2S2/c1-30-4-6-31(7-5-30)18-8-13(21(24,25)26)2-3-16(18)28-17-10-15(23)19(9-14(17)22)35(32,33)29-20-11-34-12-27-20/h2-3,8-12,28-29H,4-7H2,1H3. The summed E-state index contributed by atoms with van der Waals surface area (Å²) in [6.07, 6.45) is -4.54. The molecule has 1 fully saturated rings. The van der Waals surface area contributed by atoms with Crippen LogP contribution in [0.5, 0.6) is 0 Å². The number of anilines is 4. The molecule has 0 unspecified atom stereocenters. The number of hydrogen-bond acceptors (Lipinski definition) is 7. The Morgan fingerprint density at radius 1 is 1.09 bits per heavy atom. The molecule has 0 amide bonds. The quantitative estimate of drug-likeness (QED) is 0.409. The van der Waals surface area contributed by atoms with Crippen molar-refractivity contribution in [1.82, 2.24) is 9.88 Å². The SMILES string of the molecule is CN1CCN(c2cc(C(F)(F)F)ccc2Nc2cc(F)c(S(=O)(=O)Nc3cscn3)cc2Cl)CC1. The second-order valence-electron chi connectivity index (χ2n) is 7.89. The summed E-state index contributed by atoms with van der Waals surface area (Å²) in [5, 5.41) is 4.18. The predicted molar refractivity (Wildman–Crippen MR) is 129 cm³/mol. The largest absolute Gasteiger partial charge is 0.416 e. The van der Waals surface area contributed by atoms with Gasteiger partial charge in [-0.25, -0.2) is 17.8 Å². The van der Waals surface area contributed by atoms with E-state index in [0.717, 1.165) is 35.6 Å². The van der Waals surface area contributed by atoms with Gasteiger partial charge in [0.1, 0.15) is 10.7 Å². The lowest BCUT2D eigenvalue weighted by Crippen LogP contribution is -2.44. The van der Waals surface area contributed by atoms with Crippen LogP contribution < -0.4 is 14.9 Å².